The zero-order valence-corrected chi connectivity index (χ0v) is 11.2. The molecule has 0 aromatic carbocycles. The Morgan fingerprint density at radius 2 is 2.28 bits per heavy atom. The lowest BCUT2D eigenvalue weighted by Crippen LogP contribution is -2.37. The van der Waals surface area contributed by atoms with Gasteiger partial charge in [-0.2, -0.15) is 0 Å². The third-order valence-electron chi connectivity index (χ3n) is 2.53. The summed E-state index contributed by atoms with van der Waals surface area (Å²) in [6.07, 6.45) is 3.68. The van der Waals surface area contributed by atoms with E-state index in [4.69, 9.17) is 11.1 Å². The number of nitrogens with zero attached hydrogens (tertiary/aromatic N) is 3. The molecule has 0 atom stereocenters. The van der Waals surface area contributed by atoms with Crippen molar-refractivity contribution in [2.45, 2.75) is 20.3 Å². The van der Waals surface area contributed by atoms with Gasteiger partial charge in [0, 0.05) is 39.0 Å². The van der Waals surface area contributed by atoms with Crippen molar-refractivity contribution < 1.29 is 0 Å². The maximum atomic E-state index is 12.0. The lowest BCUT2D eigenvalue weighted by Gasteiger charge is -2.24. The topological polar surface area (TPSA) is 88.0 Å². The van der Waals surface area contributed by atoms with Crippen LogP contribution in [0, 0.1) is 11.3 Å². The van der Waals surface area contributed by atoms with Crippen LogP contribution >= 0.6 is 0 Å². The van der Waals surface area contributed by atoms with Gasteiger partial charge in [-0.1, -0.05) is 13.8 Å². The van der Waals surface area contributed by atoms with E-state index < -0.39 is 0 Å². The molecule has 0 aliphatic heterocycles. The average molecular weight is 251 g/mol. The lowest BCUT2D eigenvalue weighted by molar-refractivity contribution is 0.603. The van der Waals surface area contributed by atoms with Gasteiger partial charge in [-0.15, -0.1) is 0 Å². The largest absolute Gasteiger partial charge is 0.388 e. The molecular weight excluding hydrogens is 230 g/mol. The lowest BCUT2D eigenvalue weighted by atomic mass is 10.2. The number of nitrogens with one attached hydrogen (secondary N) is 1. The first-order valence-corrected chi connectivity index (χ1v) is 6.01. The molecule has 0 spiro atoms. The quantitative estimate of drug-likeness (QED) is 0.571. The van der Waals surface area contributed by atoms with Crippen LogP contribution in [-0.4, -0.2) is 28.5 Å². The van der Waals surface area contributed by atoms with E-state index in [0.29, 0.717) is 24.7 Å². The summed E-state index contributed by atoms with van der Waals surface area (Å²) in [4.78, 5) is 18.1. The summed E-state index contributed by atoms with van der Waals surface area (Å²) in [7, 11) is 1.70. The Kier molecular flexibility index (Phi) is 4.88. The molecule has 0 aliphatic carbocycles. The van der Waals surface area contributed by atoms with Gasteiger partial charge < -0.3 is 15.2 Å². The predicted molar refractivity (Wildman–Crippen MR) is 73.1 cm³/mol. The van der Waals surface area contributed by atoms with E-state index in [-0.39, 0.29) is 11.4 Å². The van der Waals surface area contributed by atoms with Crippen LogP contribution in [0.25, 0.3) is 0 Å². The van der Waals surface area contributed by atoms with E-state index in [1.165, 1.54) is 4.57 Å². The van der Waals surface area contributed by atoms with Crippen molar-refractivity contribution in [2.75, 3.05) is 18.0 Å². The second kappa shape index (κ2) is 6.18. The molecule has 0 amide bonds. The predicted octanol–water partition coefficient (Wildman–Crippen LogP) is 0.569. The molecule has 0 saturated carbocycles. The molecule has 0 aliphatic rings. The summed E-state index contributed by atoms with van der Waals surface area (Å²) in [5, 5.41) is 7.28. The molecule has 6 heteroatoms. The molecule has 1 heterocycles. The van der Waals surface area contributed by atoms with Crippen LogP contribution in [-0.2, 0) is 7.05 Å². The highest BCUT2D eigenvalue weighted by Gasteiger charge is 2.14. The molecule has 0 bridgehead atoms. The van der Waals surface area contributed by atoms with E-state index >= 15 is 0 Å². The Labute approximate surface area is 107 Å². The normalized spacial score (nSPS) is 10.7. The van der Waals surface area contributed by atoms with Gasteiger partial charge >= 0.3 is 0 Å². The molecule has 0 unspecified atom stereocenters. The molecule has 0 fully saturated rings. The second-order valence-electron chi connectivity index (χ2n) is 4.78. The fraction of sp³-hybridized carbons (Fsp3) is 0.583. The number of aromatic nitrogens is 2. The summed E-state index contributed by atoms with van der Waals surface area (Å²) < 4.78 is 1.50. The van der Waals surface area contributed by atoms with E-state index in [9.17, 15) is 4.79 Å². The number of anilines is 1. The van der Waals surface area contributed by atoms with E-state index in [2.05, 4.69) is 18.8 Å². The number of nitrogens with two attached hydrogens (primary N) is 1. The van der Waals surface area contributed by atoms with Crippen LogP contribution in [0.4, 0.5) is 5.82 Å². The van der Waals surface area contributed by atoms with Crippen LogP contribution in [0.5, 0.6) is 0 Å². The standard InChI is InChI=1S/C12H21N5O/c1-9(2)8-17(6-4-10(13)14)11-12(18)16(3)7-5-15-11/h5,7,9H,4,6,8H2,1-3H3,(H3,13,14). The molecule has 6 nitrogen and oxygen atoms in total. The van der Waals surface area contributed by atoms with Crippen LogP contribution in [0.15, 0.2) is 17.2 Å². The Balaban J connectivity index is 2.97. The molecule has 18 heavy (non-hydrogen) atoms. The molecule has 0 saturated heterocycles. The highest BCUT2D eigenvalue weighted by molar-refractivity contribution is 5.77. The highest BCUT2D eigenvalue weighted by atomic mass is 16.1. The Morgan fingerprint density at radius 1 is 1.61 bits per heavy atom. The van der Waals surface area contributed by atoms with Gasteiger partial charge in [-0.05, 0) is 5.92 Å². The molecule has 0 radical (unpaired) electrons. The van der Waals surface area contributed by atoms with Gasteiger partial charge in [0.25, 0.3) is 5.56 Å². The van der Waals surface area contributed by atoms with Crippen molar-refractivity contribution in [3.05, 3.63) is 22.7 Å². The summed E-state index contributed by atoms with van der Waals surface area (Å²) >= 11 is 0. The number of rotatable bonds is 6. The SMILES string of the molecule is CC(C)CN(CCC(=N)N)c1nccn(C)c1=O. The molecular formula is C12H21N5O. The zero-order valence-electron chi connectivity index (χ0n) is 11.2. The number of hydrogen-bond acceptors (Lipinski definition) is 4. The minimum Gasteiger partial charge on any atom is -0.388 e. The van der Waals surface area contributed by atoms with Crippen molar-refractivity contribution in [3.8, 4) is 0 Å². The number of amidine groups is 1. The number of aryl methyl sites for hydroxylation is 1. The Bertz CT molecular complexity index is 466. The van der Waals surface area contributed by atoms with Gasteiger partial charge in [0.05, 0.1) is 5.84 Å². The van der Waals surface area contributed by atoms with Crippen molar-refractivity contribution in [3.63, 3.8) is 0 Å². The minimum atomic E-state index is -0.123. The summed E-state index contributed by atoms with van der Waals surface area (Å²) in [5.74, 6) is 0.954. The van der Waals surface area contributed by atoms with Gasteiger partial charge in [0.15, 0.2) is 5.82 Å². The first kappa shape index (κ1) is 14.2. The van der Waals surface area contributed by atoms with Crippen molar-refractivity contribution >= 4 is 11.7 Å². The van der Waals surface area contributed by atoms with Crippen LogP contribution in [0.1, 0.15) is 20.3 Å². The van der Waals surface area contributed by atoms with Gasteiger partial charge in [-0.25, -0.2) is 4.98 Å². The fourth-order valence-electron chi connectivity index (χ4n) is 1.68. The minimum absolute atomic E-state index is 0.122. The van der Waals surface area contributed by atoms with Gasteiger partial charge in [-0.3, -0.25) is 10.2 Å². The monoisotopic (exact) mass is 251 g/mol. The third-order valence-corrected chi connectivity index (χ3v) is 2.53. The molecule has 1 aromatic heterocycles. The summed E-state index contributed by atoms with van der Waals surface area (Å²) in [6.45, 7) is 5.42. The summed E-state index contributed by atoms with van der Waals surface area (Å²) in [5.41, 5.74) is 5.25. The Morgan fingerprint density at radius 3 is 2.83 bits per heavy atom. The Hall–Kier alpha value is -1.85. The van der Waals surface area contributed by atoms with Crippen molar-refractivity contribution in [2.24, 2.45) is 18.7 Å². The van der Waals surface area contributed by atoms with E-state index in [0.717, 1.165) is 6.54 Å². The smallest absolute Gasteiger partial charge is 0.293 e. The van der Waals surface area contributed by atoms with Gasteiger partial charge in [0.2, 0.25) is 0 Å². The van der Waals surface area contributed by atoms with Crippen LogP contribution in [0.3, 0.4) is 0 Å². The van der Waals surface area contributed by atoms with E-state index in [1.807, 2.05) is 4.90 Å². The van der Waals surface area contributed by atoms with E-state index in [1.54, 1.807) is 19.4 Å². The zero-order chi connectivity index (χ0) is 13.7. The maximum Gasteiger partial charge on any atom is 0.293 e. The molecule has 1 aromatic rings. The van der Waals surface area contributed by atoms with Crippen LogP contribution < -0.4 is 16.2 Å². The first-order chi connectivity index (χ1) is 8.41. The molecule has 3 N–H and O–H groups in total. The van der Waals surface area contributed by atoms with Gasteiger partial charge in [0.1, 0.15) is 0 Å². The van der Waals surface area contributed by atoms with Crippen LogP contribution in [0.2, 0.25) is 0 Å². The molecule has 100 valence electrons. The third kappa shape index (κ3) is 3.87. The first-order valence-electron chi connectivity index (χ1n) is 6.01. The maximum absolute atomic E-state index is 12.0. The highest BCUT2D eigenvalue weighted by Crippen LogP contribution is 2.08. The summed E-state index contributed by atoms with van der Waals surface area (Å²) in [6, 6.07) is 0. The van der Waals surface area contributed by atoms with Crippen molar-refractivity contribution in [1.29, 1.82) is 5.41 Å². The number of hydrogen-bond donors (Lipinski definition) is 2. The average Bonchev–Trinajstić information content (AvgIpc) is 2.27. The molecule has 1 rings (SSSR count). The van der Waals surface area contributed by atoms with Crippen molar-refractivity contribution in [1.82, 2.24) is 9.55 Å². The fourth-order valence-corrected chi connectivity index (χ4v) is 1.68. The second-order valence-corrected chi connectivity index (χ2v) is 4.78.